The zero-order chi connectivity index (χ0) is 19.7. The molecule has 1 saturated heterocycles. The van der Waals surface area contributed by atoms with Crippen molar-refractivity contribution in [1.29, 1.82) is 0 Å². The Hall–Kier alpha value is -2.59. The van der Waals surface area contributed by atoms with Gasteiger partial charge < -0.3 is 10.3 Å². The van der Waals surface area contributed by atoms with Gasteiger partial charge in [-0.25, -0.2) is 0 Å². The van der Waals surface area contributed by atoms with Crippen molar-refractivity contribution >= 4 is 22.5 Å². The highest BCUT2D eigenvalue weighted by atomic mass is 16.2. The van der Waals surface area contributed by atoms with Crippen LogP contribution in [0.2, 0.25) is 0 Å². The number of carbonyl (C=O) groups is 1. The van der Waals surface area contributed by atoms with Gasteiger partial charge in [0, 0.05) is 22.8 Å². The molecule has 0 bridgehead atoms. The topological polar surface area (TPSA) is 48.1 Å². The SMILES string of the molecule is Cc1ccc(C)c(NC(=O)[C@@H](C)N2CCC(c3c[nH]c4ccccc34)CC2)c1. The molecule has 0 aliphatic carbocycles. The van der Waals surface area contributed by atoms with Gasteiger partial charge in [-0.3, -0.25) is 9.69 Å². The molecule has 1 amide bonds. The minimum absolute atomic E-state index is 0.0826. The number of amides is 1. The van der Waals surface area contributed by atoms with Gasteiger partial charge in [0.2, 0.25) is 5.91 Å². The van der Waals surface area contributed by atoms with E-state index in [-0.39, 0.29) is 11.9 Å². The van der Waals surface area contributed by atoms with E-state index in [0.29, 0.717) is 5.92 Å². The number of benzene rings is 2. The molecule has 2 N–H and O–H groups in total. The number of nitrogens with one attached hydrogen (secondary N) is 2. The van der Waals surface area contributed by atoms with Crippen LogP contribution in [0.5, 0.6) is 0 Å². The predicted octanol–water partition coefficient (Wildman–Crippen LogP) is 4.99. The Morgan fingerprint density at radius 3 is 2.68 bits per heavy atom. The molecular formula is C24H29N3O. The van der Waals surface area contributed by atoms with Gasteiger partial charge >= 0.3 is 0 Å². The normalized spacial score (nSPS) is 17.0. The highest BCUT2D eigenvalue weighted by Gasteiger charge is 2.28. The van der Waals surface area contributed by atoms with E-state index in [1.54, 1.807) is 0 Å². The van der Waals surface area contributed by atoms with E-state index in [2.05, 4.69) is 57.8 Å². The van der Waals surface area contributed by atoms with Crippen molar-refractivity contribution in [2.75, 3.05) is 18.4 Å². The van der Waals surface area contributed by atoms with E-state index in [4.69, 9.17) is 0 Å². The summed E-state index contributed by atoms with van der Waals surface area (Å²) < 4.78 is 0. The first kappa shape index (κ1) is 18.8. The summed E-state index contributed by atoms with van der Waals surface area (Å²) in [5, 5.41) is 4.46. The zero-order valence-corrected chi connectivity index (χ0v) is 17.0. The molecule has 1 aliphatic heterocycles. The molecule has 1 atom stereocenters. The van der Waals surface area contributed by atoms with Gasteiger partial charge in [0.25, 0.3) is 0 Å². The fourth-order valence-electron chi connectivity index (χ4n) is 4.30. The van der Waals surface area contributed by atoms with E-state index < -0.39 is 0 Å². The average Bonchev–Trinajstić information content (AvgIpc) is 3.14. The molecule has 146 valence electrons. The van der Waals surface area contributed by atoms with Crippen LogP contribution in [0.4, 0.5) is 5.69 Å². The van der Waals surface area contributed by atoms with Gasteiger partial charge in [0.1, 0.15) is 0 Å². The molecule has 1 aromatic heterocycles. The summed E-state index contributed by atoms with van der Waals surface area (Å²) in [6.07, 6.45) is 4.34. The predicted molar refractivity (Wildman–Crippen MR) is 116 cm³/mol. The number of hydrogen-bond acceptors (Lipinski definition) is 2. The second kappa shape index (κ2) is 7.80. The monoisotopic (exact) mass is 375 g/mol. The van der Waals surface area contributed by atoms with E-state index in [1.165, 1.54) is 16.5 Å². The van der Waals surface area contributed by atoms with Crippen molar-refractivity contribution in [3.63, 3.8) is 0 Å². The number of carbonyl (C=O) groups excluding carboxylic acids is 1. The maximum Gasteiger partial charge on any atom is 0.241 e. The molecule has 4 heteroatoms. The van der Waals surface area contributed by atoms with Gasteiger partial charge in [-0.1, -0.05) is 30.3 Å². The molecule has 0 spiro atoms. The first-order valence-corrected chi connectivity index (χ1v) is 10.2. The summed E-state index contributed by atoms with van der Waals surface area (Å²) in [7, 11) is 0. The summed E-state index contributed by atoms with van der Waals surface area (Å²) >= 11 is 0. The molecule has 1 fully saturated rings. The number of nitrogens with zero attached hydrogens (tertiary/aromatic N) is 1. The van der Waals surface area contributed by atoms with Crippen molar-refractivity contribution in [1.82, 2.24) is 9.88 Å². The molecule has 1 aliphatic rings. The molecule has 0 saturated carbocycles. The highest BCUT2D eigenvalue weighted by molar-refractivity contribution is 5.95. The second-order valence-corrected chi connectivity index (χ2v) is 8.08. The average molecular weight is 376 g/mol. The Morgan fingerprint density at radius 1 is 1.14 bits per heavy atom. The second-order valence-electron chi connectivity index (χ2n) is 8.08. The number of fused-ring (bicyclic) bond motifs is 1. The van der Waals surface area contributed by atoms with Crippen LogP contribution in [0.3, 0.4) is 0 Å². The smallest absolute Gasteiger partial charge is 0.241 e. The number of aromatic nitrogens is 1. The lowest BCUT2D eigenvalue weighted by atomic mass is 9.88. The zero-order valence-electron chi connectivity index (χ0n) is 17.0. The molecule has 2 aromatic carbocycles. The van der Waals surface area contributed by atoms with Crippen LogP contribution < -0.4 is 5.32 Å². The Bertz CT molecular complexity index is 982. The van der Waals surface area contributed by atoms with Crippen molar-refractivity contribution in [2.24, 2.45) is 0 Å². The van der Waals surface area contributed by atoms with Crippen LogP contribution in [0, 0.1) is 13.8 Å². The third kappa shape index (κ3) is 3.69. The number of H-pyrrole nitrogens is 1. The molecule has 0 unspecified atom stereocenters. The third-order valence-electron chi connectivity index (χ3n) is 6.17. The van der Waals surface area contributed by atoms with E-state index in [9.17, 15) is 4.79 Å². The van der Waals surface area contributed by atoms with Crippen molar-refractivity contribution in [3.05, 3.63) is 65.4 Å². The lowest BCUT2D eigenvalue weighted by Crippen LogP contribution is -2.45. The van der Waals surface area contributed by atoms with Crippen molar-refractivity contribution in [2.45, 2.75) is 45.6 Å². The number of para-hydroxylation sites is 1. The van der Waals surface area contributed by atoms with Crippen molar-refractivity contribution < 1.29 is 4.79 Å². The van der Waals surface area contributed by atoms with E-state index in [0.717, 1.165) is 42.7 Å². The van der Waals surface area contributed by atoms with Crippen LogP contribution in [0.15, 0.2) is 48.7 Å². The van der Waals surface area contributed by atoms with Gasteiger partial charge in [-0.15, -0.1) is 0 Å². The largest absolute Gasteiger partial charge is 0.361 e. The molecule has 3 aromatic rings. The number of aryl methyl sites for hydroxylation is 2. The third-order valence-corrected chi connectivity index (χ3v) is 6.17. The van der Waals surface area contributed by atoms with E-state index >= 15 is 0 Å². The number of aromatic amines is 1. The Kier molecular flexibility index (Phi) is 5.23. The number of hydrogen-bond donors (Lipinski definition) is 2. The molecular weight excluding hydrogens is 346 g/mol. The fourth-order valence-corrected chi connectivity index (χ4v) is 4.30. The number of anilines is 1. The summed E-state index contributed by atoms with van der Waals surface area (Å²) in [5.41, 5.74) is 5.81. The fraction of sp³-hybridized carbons (Fsp3) is 0.375. The molecule has 28 heavy (non-hydrogen) atoms. The summed E-state index contributed by atoms with van der Waals surface area (Å²) in [6.45, 7) is 8.00. The van der Waals surface area contributed by atoms with Gasteiger partial charge in [0.05, 0.1) is 6.04 Å². The van der Waals surface area contributed by atoms with Crippen molar-refractivity contribution in [3.8, 4) is 0 Å². The van der Waals surface area contributed by atoms with Gasteiger partial charge in [-0.05, 0) is 81.4 Å². The maximum atomic E-state index is 12.8. The number of rotatable bonds is 4. The van der Waals surface area contributed by atoms with Gasteiger partial charge in [0.15, 0.2) is 0 Å². The summed E-state index contributed by atoms with van der Waals surface area (Å²) in [5.74, 6) is 0.640. The molecule has 0 radical (unpaired) electrons. The minimum Gasteiger partial charge on any atom is -0.361 e. The van der Waals surface area contributed by atoms with Crippen LogP contribution in [0.1, 0.15) is 42.4 Å². The Labute approximate surface area is 166 Å². The summed E-state index contributed by atoms with van der Waals surface area (Å²) in [4.78, 5) is 18.5. The number of piperidine rings is 1. The van der Waals surface area contributed by atoms with Crippen LogP contribution in [-0.4, -0.2) is 34.9 Å². The lowest BCUT2D eigenvalue weighted by molar-refractivity contribution is -0.121. The molecule has 2 heterocycles. The quantitative estimate of drug-likeness (QED) is 0.675. The minimum atomic E-state index is -0.121. The highest BCUT2D eigenvalue weighted by Crippen LogP contribution is 2.33. The molecule has 4 rings (SSSR count). The van der Waals surface area contributed by atoms with Crippen LogP contribution >= 0.6 is 0 Å². The van der Waals surface area contributed by atoms with Gasteiger partial charge in [-0.2, -0.15) is 0 Å². The van der Waals surface area contributed by atoms with Crippen LogP contribution in [-0.2, 0) is 4.79 Å². The first-order valence-electron chi connectivity index (χ1n) is 10.2. The summed E-state index contributed by atoms with van der Waals surface area (Å²) in [6, 6.07) is 14.6. The standard InChI is InChI=1S/C24H29N3O/c1-16-8-9-17(2)23(14-16)26-24(28)18(3)27-12-10-19(11-13-27)21-15-25-22-7-5-4-6-20(21)22/h4-9,14-15,18-19,25H,10-13H2,1-3H3,(H,26,28)/t18-/m1/s1. The number of likely N-dealkylation sites (tertiary alicyclic amines) is 1. The first-order chi connectivity index (χ1) is 13.5. The molecule has 4 nitrogen and oxygen atoms in total. The van der Waals surface area contributed by atoms with E-state index in [1.807, 2.05) is 26.8 Å². The lowest BCUT2D eigenvalue weighted by Gasteiger charge is -2.35. The maximum absolute atomic E-state index is 12.8. The Morgan fingerprint density at radius 2 is 1.89 bits per heavy atom. The Balaban J connectivity index is 1.39. The van der Waals surface area contributed by atoms with Crippen LogP contribution in [0.25, 0.3) is 10.9 Å².